The van der Waals surface area contributed by atoms with Crippen LogP contribution in [0.15, 0.2) is 18.3 Å². The number of nitrogens with one attached hydrogen (secondary N) is 2. The van der Waals surface area contributed by atoms with Crippen LogP contribution in [0.3, 0.4) is 0 Å². The summed E-state index contributed by atoms with van der Waals surface area (Å²) < 4.78 is 0. The molecule has 0 saturated heterocycles. The van der Waals surface area contributed by atoms with E-state index in [4.69, 9.17) is 0 Å². The molecule has 1 heterocycles. The lowest BCUT2D eigenvalue weighted by molar-refractivity contribution is 0.349. The third kappa shape index (κ3) is 3.35. The number of anilines is 2. The van der Waals surface area contributed by atoms with Crippen LogP contribution in [0.1, 0.15) is 39.5 Å². The highest BCUT2D eigenvalue weighted by Gasteiger charge is 2.20. The number of rotatable bonds is 4. The summed E-state index contributed by atoms with van der Waals surface area (Å²) in [5.41, 5.74) is 1.09. The second-order valence-electron chi connectivity index (χ2n) is 4.98. The topological polar surface area (TPSA) is 37.0 Å². The van der Waals surface area contributed by atoms with Gasteiger partial charge in [0.2, 0.25) is 0 Å². The van der Waals surface area contributed by atoms with Crippen molar-refractivity contribution >= 4 is 11.5 Å². The molecule has 17 heavy (non-hydrogen) atoms. The summed E-state index contributed by atoms with van der Waals surface area (Å²) in [6.45, 7) is 5.37. The van der Waals surface area contributed by atoms with Crippen LogP contribution < -0.4 is 10.6 Å². The summed E-state index contributed by atoms with van der Waals surface area (Å²) in [6, 6.07) is 4.76. The van der Waals surface area contributed by atoms with E-state index in [0.717, 1.165) is 24.0 Å². The quantitative estimate of drug-likeness (QED) is 0.835. The Labute approximate surface area is 104 Å². The molecule has 0 spiro atoms. The van der Waals surface area contributed by atoms with Crippen LogP contribution in [0.25, 0.3) is 0 Å². The Morgan fingerprint density at radius 2 is 2.12 bits per heavy atom. The van der Waals surface area contributed by atoms with E-state index in [1.54, 1.807) is 0 Å². The summed E-state index contributed by atoms with van der Waals surface area (Å²) in [4.78, 5) is 4.45. The Hall–Kier alpha value is -1.25. The van der Waals surface area contributed by atoms with Crippen molar-refractivity contribution in [2.45, 2.75) is 45.6 Å². The van der Waals surface area contributed by atoms with Gasteiger partial charge in [0, 0.05) is 12.6 Å². The monoisotopic (exact) mass is 233 g/mol. The molecule has 2 atom stereocenters. The molecule has 1 fully saturated rings. The maximum atomic E-state index is 4.45. The zero-order chi connectivity index (χ0) is 12.1. The van der Waals surface area contributed by atoms with Crippen LogP contribution in [0.4, 0.5) is 11.5 Å². The van der Waals surface area contributed by atoms with Gasteiger partial charge >= 0.3 is 0 Å². The van der Waals surface area contributed by atoms with Gasteiger partial charge in [-0.3, -0.25) is 0 Å². The molecule has 3 heteroatoms. The first-order valence-corrected chi connectivity index (χ1v) is 6.76. The van der Waals surface area contributed by atoms with Crippen molar-refractivity contribution in [2.24, 2.45) is 5.92 Å². The molecule has 1 saturated carbocycles. The average Bonchev–Trinajstić information content (AvgIpc) is 2.35. The molecule has 1 aliphatic rings. The van der Waals surface area contributed by atoms with Gasteiger partial charge in [0.25, 0.3) is 0 Å². The molecule has 2 unspecified atom stereocenters. The van der Waals surface area contributed by atoms with Gasteiger partial charge in [0.05, 0.1) is 11.9 Å². The Bertz CT molecular complexity index is 334. The van der Waals surface area contributed by atoms with E-state index in [9.17, 15) is 0 Å². The lowest BCUT2D eigenvalue weighted by atomic mass is 9.86. The Balaban J connectivity index is 1.93. The smallest absolute Gasteiger partial charge is 0.126 e. The predicted molar refractivity (Wildman–Crippen MR) is 73.4 cm³/mol. The molecule has 0 bridgehead atoms. The van der Waals surface area contributed by atoms with Crippen molar-refractivity contribution < 1.29 is 0 Å². The number of aromatic nitrogens is 1. The normalized spacial score (nSPS) is 24.4. The van der Waals surface area contributed by atoms with Crippen molar-refractivity contribution in [3.8, 4) is 0 Å². The van der Waals surface area contributed by atoms with Crippen molar-refractivity contribution in [3.63, 3.8) is 0 Å². The van der Waals surface area contributed by atoms with E-state index in [0.29, 0.717) is 6.04 Å². The molecule has 2 rings (SSSR count). The summed E-state index contributed by atoms with van der Waals surface area (Å²) >= 11 is 0. The molecule has 1 aromatic rings. The third-order valence-corrected chi connectivity index (χ3v) is 3.59. The first kappa shape index (κ1) is 12.2. The van der Waals surface area contributed by atoms with E-state index < -0.39 is 0 Å². The molecular formula is C14H23N3. The van der Waals surface area contributed by atoms with Crippen LogP contribution in [0.2, 0.25) is 0 Å². The Morgan fingerprint density at radius 1 is 1.29 bits per heavy atom. The highest BCUT2D eigenvalue weighted by atomic mass is 15.0. The number of nitrogens with zero attached hydrogens (tertiary/aromatic N) is 1. The first-order chi connectivity index (χ1) is 8.29. The minimum atomic E-state index is 0.598. The van der Waals surface area contributed by atoms with Gasteiger partial charge in [-0.1, -0.05) is 19.8 Å². The lowest BCUT2D eigenvalue weighted by Gasteiger charge is -2.29. The Morgan fingerprint density at radius 3 is 2.76 bits per heavy atom. The molecule has 0 radical (unpaired) electrons. The molecule has 94 valence electrons. The second-order valence-corrected chi connectivity index (χ2v) is 4.98. The molecular weight excluding hydrogens is 210 g/mol. The fraction of sp³-hybridized carbons (Fsp3) is 0.643. The molecule has 3 nitrogen and oxygen atoms in total. The fourth-order valence-electron chi connectivity index (χ4n) is 2.51. The fourth-order valence-corrected chi connectivity index (χ4v) is 2.51. The molecule has 1 aliphatic carbocycles. The summed E-state index contributed by atoms with van der Waals surface area (Å²) in [6.07, 6.45) is 7.24. The van der Waals surface area contributed by atoms with Crippen molar-refractivity contribution in [3.05, 3.63) is 18.3 Å². The first-order valence-electron chi connectivity index (χ1n) is 6.76. The van der Waals surface area contributed by atoms with Gasteiger partial charge in [-0.15, -0.1) is 0 Å². The largest absolute Gasteiger partial charge is 0.384 e. The SMILES string of the molecule is CCNc1ccc(NC2CCCCC2C)nc1. The van der Waals surface area contributed by atoms with Crippen molar-refractivity contribution in [1.82, 2.24) is 4.98 Å². The van der Waals surface area contributed by atoms with Crippen LogP contribution in [0.5, 0.6) is 0 Å². The second kappa shape index (κ2) is 5.89. The zero-order valence-corrected chi connectivity index (χ0v) is 10.9. The summed E-state index contributed by atoms with van der Waals surface area (Å²) in [5.74, 6) is 1.77. The van der Waals surface area contributed by atoms with E-state index in [-0.39, 0.29) is 0 Å². The average molecular weight is 233 g/mol. The molecule has 0 aromatic carbocycles. The van der Waals surface area contributed by atoms with E-state index in [1.165, 1.54) is 25.7 Å². The summed E-state index contributed by atoms with van der Waals surface area (Å²) in [7, 11) is 0. The van der Waals surface area contributed by atoms with Crippen LogP contribution in [-0.2, 0) is 0 Å². The predicted octanol–water partition coefficient (Wildman–Crippen LogP) is 3.50. The molecule has 2 N–H and O–H groups in total. The van der Waals surface area contributed by atoms with Crippen LogP contribution >= 0.6 is 0 Å². The third-order valence-electron chi connectivity index (χ3n) is 3.59. The molecule has 0 amide bonds. The van der Waals surface area contributed by atoms with Gasteiger partial charge in [0.15, 0.2) is 0 Å². The molecule has 1 aromatic heterocycles. The highest BCUT2D eigenvalue weighted by Crippen LogP contribution is 2.26. The minimum absolute atomic E-state index is 0.598. The van der Waals surface area contributed by atoms with E-state index in [2.05, 4.69) is 41.6 Å². The standard InChI is InChI=1S/C14H23N3/c1-3-15-12-8-9-14(16-10-12)17-13-7-5-4-6-11(13)2/h8-11,13,15H,3-7H2,1-2H3,(H,16,17). The van der Waals surface area contributed by atoms with Gasteiger partial charge in [-0.25, -0.2) is 4.98 Å². The van der Waals surface area contributed by atoms with Gasteiger partial charge < -0.3 is 10.6 Å². The zero-order valence-electron chi connectivity index (χ0n) is 10.9. The number of pyridine rings is 1. The van der Waals surface area contributed by atoms with Crippen molar-refractivity contribution in [2.75, 3.05) is 17.2 Å². The molecule has 0 aliphatic heterocycles. The van der Waals surface area contributed by atoms with Gasteiger partial charge in [-0.2, -0.15) is 0 Å². The van der Waals surface area contributed by atoms with Gasteiger partial charge in [0.1, 0.15) is 5.82 Å². The summed E-state index contributed by atoms with van der Waals surface area (Å²) in [5, 5.41) is 6.82. The van der Waals surface area contributed by atoms with Crippen molar-refractivity contribution in [1.29, 1.82) is 0 Å². The lowest BCUT2D eigenvalue weighted by Crippen LogP contribution is -2.30. The van der Waals surface area contributed by atoms with E-state index in [1.807, 2.05) is 6.20 Å². The highest BCUT2D eigenvalue weighted by molar-refractivity contribution is 5.47. The van der Waals surface area contributed by atoms with E-state index >= 15 is 0 Å². The maximum Gasteiger partial charge on any atom is 0.126 e. The van der Waals surface area contributed by atoms with Crippen LogP contribution in [-0.4, -0.2) is 17.6 Å². The number of hydrogen-bond acceptors (Lipinski definition) is 3. The number of hydrogen-bond donors (Lipinski definition) is 2. The maximum absolute atomic E-state index is 4.45. The minimum Gasteiger partial charge on any atom is -0.384 e. The Kier molecular flexibility index (Phi) is 4.24. The van der Waals surface area contributed by atoms with Crippen LogP contribution in [0, 0.1) is 5.92 Å². The van der Waals surface area contributed by atoms with Gasteiger partial charge in [-0.05, 0) is 37.8 Å².